The van der Waals surface area contributed by atoms with E-state index in [1.165, 1.54) is 25.7 Å². The fourth-order valence-electron chi connectivity index (χ4n) is 4.55. The lowest BCUT2D eigenvalue weighted by Crippen LogP contribution is -2.20. The highest BCUT2D eigenvalue weighted by Crippen LogP contribution is 2.41. The quantitative estimate of drug-likeness (QED) is 0.464. The van der Waals surface area contributed by atoms with Crippen LogP contribution in [0.1, 0.15) is 73.2 Å². The van der Waals surface area contributed by atoms with E-state index >= 15 is 0 Å². The minimum Gasteiger partial charge on any atom is -0.493 e. The predicted molar refractivity (Wildman–Crippen MR) is 119 cm³/mol. The van der Waals surface area contributed by atoms with E-state index in [1.54, 1.807) is 36.4 Å². The van der Waals surface area contributed by atoms with E-state index in [0.29, 0.717) is 52.8 Å². The Hall–Kier alpha value is -2.53. The largest absolute Gasteiger partial charge is 0.493 e. The zero-order chi connectivity index (χ0) is 21.8. The summed E-state index contributed by atoms with van der Waals surface area (Å²) >= 11 is 6.35. The number of halogens is 1. The van der Waals surface area contributed by atoms with Gasteiger partial charge in [-0.15, -0.1) is 0 Å². The van der Waals surface area contributed by atoms with Crippen molar-refractivity contribution in [3.63, 3.8) is 0 Å². The van der Waals surface area contributed by atoms with E-state index in [9.17, 15) is 14.7 Å². The minimum atomic E-state index is -0.891. The molecule has 1 saturated carbocycles. The Labute approximate surface area is 187 Å². The van der Waals surface area contributed by atoms with Gasteiger partial charge in [0.05, 0.1) is 17.5 Å². The van der Waals surface area contributed by atoms with Crippen LogP contribution in [-0.2, 0) is 4.79 Å². The Bertz CT molecular complexity index is 947. The van der Waals surface area contributed by atoms with Crippen LogP contribution in [0.25, 0.3) is 0 Å². The summed E-state index contributed by atoms with van der Waals surface area (Å²) in [7, 11) is 0. The van der Waals surface area contributed by atoms with Gasteiger partial charge in [0.2, 0.25) is 0 Å². The number of ketones is 1. The molecule has 0 aromatic heterocycles. The second-order valence-corrected chi connectivity index (χ2v) is 8.85. The van der Waals surface area contributed by atoms with E-state index in [0.717, 1.165) is 18.8 Å². The molecule has 2 aromatic rings. The van der Waals surface area contributed by atoms with Crippen molar-refractivity contribution in [2.45, 2.75) is 57.3 Å². The molecule has 2 aliphatic rings. The molecule has 1 aliphatic carbocycles. The molecule has 0 amide bonds. The van der Waals surface area contributed by atoms with Crippen molar-refractivity contribution in [3.05, 3.63) is 52.5 Å². The lowest BCUT2D eigenvalue weighted by Gasteiger charge is -2.24. The van der Waals surface area contributed by atoms with Crippen LogP contribution >= 0.6 is 11.6 Å². The van der Waals surface area contributed by atoms with Crippen molar-refractivity contribution >= 4 is 23.4 Å². The summed E-state index contributed by atoms with van der Waals surface area (Å²) in [5.74, 6) is 0.861. The standard InChI is InChI=1S/C25H27ClO5/c26-21-14-20-19(25(28)29)12-13-30-23(20)15-24(21)31-18-10-8-17(9-11-18)22(27)7-3-6-16-4-1-2-5-16/h8-11,14-16,19H,1-7,12-13H2,(H,28,29). The first-order valence-electron chi connectivity index (χ1n) is 11.0. The van der Waals surface area contributed by atoms with E-state index < -0.39 is 11.9 Å². The Kier molecular flexibility index (Phi) is 6.81. The second kappa shape index (κ2) is 9.73. The molecule has 0 bridgehead atoms. The summed E-state index contributed by atoms with van der Waals surface area (Å²) in [5.41, 5.74) is 1.25. The first-order valence-corrected chi connectivity index (χ1v) is 11.4. The van der Waals surface area contributed by atoms with Crippen LogP contribution < -0.4 is 9.47 Å². The summed E-state index contributed by atoms with van der Waals surface area (Å²) in [6.45, 7) is 0.336. The molecular formula is C25H27ClO5. The van der Waals surface area contributed by atoms with Gasteiger partial charge in [0.15, 0.2) is 5.78 Å². The number of carbonyl (C=O) groups is 2. The number of Topliss-reactive ketones (excluding diaryl/α,β-unsaturated/α-hetero) is 1. The molecule has 31 heavy (non-hydrogen) atoms. The number of carboxylic acids is 1. The molecular weight excluding hydrogens is 416 g/mol. The number of carboxylic acid groups (broad SMARTS) is 1. The van der Waals surface area contributed by atoms with E-state index in [-0.39, 0.29) is 5.78 Å². The first-order chi connectivity index (χ1) is 15.0. The maximum Gasteiger partial charge on any atom is 0.311 e. The van der Waals surface area contributed by atoms with Gasteiger partial charge in [-0.25, -0.2) is 0 Å². The van der Waals surface area contributed by atoms with Gasteiger partial charge in [-0.3, -0.25) is 9.59 Å². The van der Waals surface area contributed by atoms with Crippen LogP contribution in [0.3, 0.4) is 0 Å². The van der Waals surface area contributed by atoms with Crippen molar-refractivity contribution in [1.29, 1.82) is 0 Å². The summed E-state index contributed by atoms with van der Waals surface area (Å²) < 4.78 is 11.5. The third kappa shape index (κ3) is 5.21. The fraction of sp³-hybridized carbons (Fsp3) is 0.440. The Morgan fingerprint density at radius 3 is 2.55 bits per heavy atom. The third-order valence-corrected chi connectivity index (χ3v) is 6.59. The number of benzene rings is 2. The Balaban J connectivity index is 1.38. The molecule has 0 saturated heterocycles. The molecule has 5 nitrogen and oxygen atoms in total. The number of aliphatic carboxylic acids is 1. The predicted octanol–water partition coefficient (Wildman–Crippen LogP) is 6.63. The van der Waals surface area contributed by atoms with E-state index in [1.807, 2.05) is 0 Å². The second-order valence-electron chi connectivity index (χ2n) is 8.44. The van der Waals surface area contributed by atoms with Gasteiger partial charge in [-0.05, 0) is 49.1 Å². The molecule has 2 aromatic carbocycles. The maximum atomic E-state index is 12.5. The smallest absolute Gasteiger partial charge is 0.311 e. The van der Waals surface area contributed by atoms with Gasteiger partial charge in [-0.2, -0.15) is 0 Å². The highest BCUT2D eigenvalue weighted by molar-refractivity contribution is 6.32. The average Bonchev–Trinajstić information content (AvgIpc) is 3.28. The highest BCUT2D eigenvalue weighted by atomic mass is 35.5. The van der Waals surface area contributed by atoms with Crippen molar-refractivity contribution in [3.8, 4) is 17.2 Å². The highest BCUT2D eigenvalue weighted by Gasteiger charge is 2.29. The van der Waals surface area contributed by atoms with Crippen LogP contribution in [0.15, 0.2) is 36.4 Å². The summed E-state index contributed by atoms with van der Waals surface area (Å²) in [5, 5.41) is 9.72. The molecule has 1 atom stereocenters. The summed E-state index contributed by atoms with van der Waals surface area (Å²) in [6.07, 6.45) is 8.38. The van der Waals surface area contributed by atoms with Gasteiger partial charge in [0.1, 0.15) is 17.2 Å². The molecule has 1 aliphatic heterocycles. The molecule has 1 fully saturated rings. The van der Waals surface area contributed by atoms with Gasteiger partial charge >= 0.3 is 5.97 Å². The van der Waals surface area contributed by atoms with Gasteiger partial charge in [-0.1, -0.05) is 43.7 Å². The van der Waals surface area contributed by atoms with Crippen molar-refractivity contribution in [2.24, 2.45) is 5.92 Å². The minimum absolute atomic E-state index is 0.157. The van der Waals surface area contributed by atoms with E-state index in [4.69, 9.17) is 21.1 Å². The van der Waals surface area contributed by atoms with Crippen molar-refractivity contribution in [1.82, 2.24) is 0 Å². The number of fused-ring (bicyclic) bond motifs is 1. The molecule has 1 N–H and O–H groups in total. The number of rotatable bonds is 8. The molecule has 1 heterocycles. The van der Waals surface area contributed by atoms with Crippen molar-refractivity contribution in [2.75, 3.05) is 6.61 Å². The summed E-state index contributed by atoms with van der Waals surface area (Å²) in [6, 6.07) is 10.3. The zero-order valence-corrected chi connectivity index (χ0v) is 18.2. The topological polar surface area (TPSA) is 72.8 Å². The zero-order valence-electron chi connectivity index (χ0n) is 17.4. The van der Waals surface area contributed by atoms with Crippen LogP contribution in [0, 0.1) is 5.92 Å². The lowest BCUT2D eigenvalue weighted by atomic mass is 9.93. The van der Waals surface area contributed by atoms with Crippen LogP contribution in [0.4, 0.5) is 0 Å². The van der Waals surface area contributed by atoms with Crippen LogP contribution in [0.5, 0.6) is 17.2 Å². The summed E-state index contributed by atoms with van der Waals surface area (Å²) in [4.78, 5) is 23.9. The number of carbonyl (C=O) groups excluding carboxylic acids is 1. The Morgan fingerprint density at radius 1 is 1.10 bits per heavy atom. The molecule has 0 radical (unpaired) electrons. The van der Waals surface area contributed by atoms with Gasteiger partial charge in [0.25, 0.3) is 0 Å². The number of hydrogen-bond acceptors (Lipinski definition) is 4. The molecule has 6 heteroatoms. The third-order valence-electron chi connectivity index (χ3n) is 6.30. The Morgan fingerprint density at radius 2 is 1.84 bits per heavy atom. The van der Waals surface area contributed by atoms with Gasteiger partial charge < -0.3 is 14.6 Å². The SMILES string of the molecule is O=C(CCCC1CCCC1)c1ccc(Oc2cc3c(cc2Cl)C(C(=O)O)CCO3)cc1. The number of hydrogen-bond donors (Lipinski definition) is 1. The normalized spacial score (nSPS) is 18.3. The molecule has 0 spiro atoms. The molecule has 4 rings (SSSR count). The maximum absolute atomic E-state index is 12.5. The molecule has 164 valence electrons. The lowest BCUT2D eigenvalue weighted by molar-refractivity contribution is -0.139. The first kappa shape index (κ1) is 21.7. The molecule has 1 unspecified atom stereocenters. The monoisotopic (exact) mass is 442 g/mol. The van der Waals surface area contributed by atoms with Gasteiger partial charge in [0, 0.05) is 23.6 Å². The van der Waals surface area contributed by atoms with Crippen LogP contribution in [-0.4, -0.2) is 23.5 Å². The van der Waals surface area contributed by atoms with Crippen molar-refractivity contribution < 1.29 is 24.2 Å². The van der Waals surface area contributed by atoms with Crippen LogP contribution in [0.2, 0.25) is 5.02 Å². The van der Waals surface area contributed by atoms with E-state index in [2.05, 4.69) is 0 Å². The number of ether oxygens (including phenoxy) is 2. The fourth-order valence-corrected chi connectivity index (χ4v) is 4.77. The average molecular weight is 443 g/mol.